The molecule has 0 bridgehead atoms. The van der Waals surface area contributed by atoms with Crippen molar-refractivity contribution in [2.75, 3.05) is 7.11 Å². The quantitative estimate of drug-likeness (QED) is 0.650. The van der Waals surface area contributed by atoms with Gasteiger partial charge < -0.3 is 10.5 Å². The van der Waals surface area contributed by atoms with Crippen LogP contribution in [0.25, 0.3) is 0 Å². The molecule has 2 N–H and O–H groups in total. The Morgan fingerprint density at radius 1 is 1.41 bits per heavy atom. The lowest BCUT2D eigenvalue weighted by Crippen LogP contribution is -2.36. The standard InChI is InChI=1S/C12H18N2O2S/c1-16-10(15)9-8-17-11(14-9)12(13)6-4-2-3-5-7-12/h8H,2-7,13H2,1H3. The number of carbonyl (C=O) groups excluding carboxylic acids is 1. The molecule has 1 aromatic rings. The Labute approximate surface area is 105 Å². The van der Waals surface area contributed by atoms with E-state index in [1.54, 1.807) is 5.38 Å². The van der Waals surface area contributed by atoms with Crippen LogP contribution in [0.15, 0.2) is 5.38 Å². The molecule has 0 saturated heterocycles. The molecular weight excluding hydrogens is 236 g/mol. The summed E-state index contributed by atoms with van der Waals surface area (Å²) < 4.78 is 4.66. The zero-order chi connectivity index (χ0) is 12.3. The smallest absolute Gasteiger partial charge is 0.357 e. The number of esters is 1. The molecule has 1 saturated carbocycles. The highest BCUT2D eigenvalue weighted by molar-refractivity contribution is 7.10. The molecule has 4 nitrogen and oxygen atoms in total. The Hall–Kier alpha value is -0.940. The molecule has 0 atom stereocenters. The molecule has 1 fully saturated rings. The van der Waals surface area contributed by atoms with Crippen LogP contribution < -0.4 is 5.73 Å². The van der Waals surface area contributed by atoms with Gasteiger partial charge in [0.25, 0.3) is 0 Å². The fraction of sp³-hybridized carbons (Fsp3) is 0.667. The van der Waals surface area contributed by atoms with Gasteiger partial charge in [0.05, 0.1) is 12.6 Å². The summed E-state index contributed by atoms with van der Waals surface area (Å²) in [5.74, 6) is -0.385. The highest BCUT2D eigenvalue weighted by atomic mass is 32.1. The highest BCUT2D eigenvalue weighted by Crippen LogP contribution is 2.35. The lowest BCUT2D eigenvalue weighted by molar-refractivity contribution is 0.0594. The fourth-order valence-corrected chi connectivity index (χ4v) is 3.24. The summed E-state index contributed by atoms with van der Waals surface area (Å²) in [6.45, 7) is 0. The number of nitrogens with two attached hydrogens (primary N) is 1. The van der Waals surface area contributed by atoms with Gasteiger partial charge in [0.1, 0.15) is 5.01 Å². The Morgan fingerprint density at radius 2 is 2.06 bits per heavy atom. The average Bonchev–Trinajstić information content (AvgIpc) is 2.73. The van der Waals surface area contributed by atoms with E-state index >= 15 is 0 Å². The van der Waals surface area contributed by atoms with Crippen molar-refractivity contribution in [2.45, 2.75) is 44.1 Å². The molecule has 0 aromatic carbocycles. The van der Waals surface area contributed by atoms with Crippen LogP contribution in [-0.2, 0) is 10.3 Å². The second-order valence-electron chi connectivity index (χ2n) is 4.60. The molecule has 0 radical (unpaired) electrons. The van der Waals surface area contributed by atoms with Crippen LogP contribution in [0.1, 0.15) is 54.0 Å². The first-order chi connectivity index (χ1) is 8.15. The van der Waals surface area contributed by atoms with Crippen LogP contribution >= 0.6 is 11.3 Å². The Bertz CT molecular complexity index is 395. The van der Waals surface area contributed by atoms with E-state index in [9.17, 15) is 4.79 Å². The maximum absolute atomic E-state index is 11.4. The van der Waals surface area contributed by atoms with Gasteiger partial charge in [-0.1, -0.05) is 25.7 Å². The van der Waals surface area contributed by atoms with Crippen molar-refractivity contribution in [1.29, 1.82) is 0 Å². The number of hydrogen-bond donors (Lipinski definition) is 1. The number of carbonyl (C=O) groups is 1. The van der Waals surface area contributed by atoms with Crippen molar-refractivity contribution >= 4 is 17.3 Å². The van der Waals surface area contributed by atoms with E-state index in [0.29, 0.717) is 5.69 Å². The number of nitrogens with zero attached hydrogens (tertiary/aromatic N) is 1. The Kier molecular flexibility index (Phi) is 3.79. The topological polar surface area (TPSA) is 65.2 Å². The largest absolute Gasteiger partial charge is 0.464 e. The van der Waals surface area contributed by atoms with E-state index in [1.165, 1.54) is 31.3 Å². The molecule has 2 rings (SSSR count). The zero-order valence-electron chi connectivity index (χ0n) is 10.1. The first kappa shape index (κ1) is 12.5. The van der Waals surface area contributed by atoms with Crippen molar-refractivity contribution in [3.8, 4) is 0 Å². The van der Waals surface area contributed by atoms with E-state index in [2.05, 4.69) is 9.72 Å². The van der Waals surface area contributed by atoms with Crippen LogP contribution in [-0.4, -0.2) is 18.1 Å². The minimum absolute atomic E-state index is 0.340. The first-order valence-corrected chi connectivity index (χ1v) is 6.87. The third kappa shape index (κ3) is 2.66. The number of methoxy groups -OCH3 is 1. The van der Waals surface area contributed by atoms with E-state index in [0.717, 1.165) is 30.7 Å². The van der Waals surface area contributed by atoms with Crippen LogP contribution in [0.3, 0.4) is 0 Å². The van der Waals surface area contributed by atoms with Gasteiger partial charge in [-0.15, -0.1) is 11.3 Å². The second kappa shape index (κ2) is 5.14. The van der Waals surface area contributed by atoms with E-state index in [1.807, 2.05) is 0 Å². The maximum Gasteiger partial charge on any atom is 0.357 e. The van der Waals surface area contributed by atoms with Gasteiger partial charge in [0, 0.05) is 5.38 Å². The van der Waals surface area contributed by atoms with Crippen LogP contribution in [0.4, 0.5) is 0 Å². The Balaban J connectivity index is 2.20. The normalized spacial score (nSPS) is 19.6. The molecule has 1 aliphatic carbocycles. The van der Waals surface area contributed by atoms with E-state index in [4.69, 9.17) is 5.73 Å². The summed E-state index contributed by atoms with van der Waals surface area (Å²) in [5.41, 5.74) is 6.47. The van der Waals surface area contributed by atoms with E-state index < -0.39 is 0 Å². The average molecular weight is 254 g/mol. The predicted molar refractivity (Wildman–Crippen MR) is 67.0 cm³/mol. The molecule has 1 heterocycles. The lowest BCUT2D eigenvalue weighted by atomic mass is 9.92. The van der Waals surface area contributed by atoms with Crippen molar-refractivity contribution in [3.05, 3.63) is 16.1 Å². The lowest BCUT2D eigenvalue weighted by Gasteiger charge is -2.25. The molecule has 0 amide bonds. The van der Waals surface area contributed by atoms with Gasteiger partial charge in [0.15, 0.2) is 5.69 Å². The van der Waals surface area contributed by atoms with Gasteiger partial charge in [-0.05, 0) is 12.8 Å². The third-order valence-electron chi connectivity index (χ3n) is 3.32. The zero-order valence-corrected chi connectivity index (χ0v) is 10.9. The summed E-state index contributed by atoms with van der Waals surface area (Å²) in [4.78, 5) is 15.7. The number of aromatic nitrogens is 1. The highest BCUT2D eigenvalue weighted by Gasteiger charge is 2.31. The summed E-state index contributed by atoms with van der Waals surface area (Å²) in [6, 6.07) is 0. The van der Waals surface area contributed by atoms with Gasteiger partial charge in [-0.2, -0.15) is 0 Å². The number of hydrogen-bond acceptors (Lipinski definition) is 5. The van der Waals surface area contributed by atoms with Gasteiger partial charge >= 0.3 is 5.97 Å². The van der Waals surface area contributed by atoms with Crippen molar-refractivity contribution in [1.82, 2.24) is 4.98 Å². The monoisotopic (exact) mass is 254 g/mol. The molecule has 1 aliphatic rings. The number of thiazole rings is 1. The summed E-state index contributed by atoms with van der Waals surface area (Å²) >= 11 is 1.47. The molecule has 0 spiro atoms. The van der Waals surface area contributed by atoms with Gasteiger partial charge in [-0.3, -0.25) is 0 Å². The first-order valence-electron chi connectivity index (χ1n) is 5.99. The van der Waals surface area contributed by atoms with Gasteiger partial charge in [0.2, 0.25) is 0 Å². The van der Waals surface area contributed by atoms with Gasteiger partial charge in [-0.25, -0.2) is 9.78 Å². The van der Waals surface area contributed by atoms with E-state index in [-0.39, 0.29) is 11.5 Å². The molecular formula is C12H18N2O2S. The molecule has 1 aromatic heterocycles. The molecule has 0 aliphatic heterocycles. The minimum Gasteiger partial charge on any atom is -0.464 e. The van der Waals surface area contributed by atoms with Crippen LogP contribution in [0, 0.1) is 0 Å². The number of ether oxygens (including phenoxy) is 1. The molecule has 94 valence electrons. The minimum atomic E-state index is -0.385. The summed E-state index contributed by atoms with van der Waals surface area (Å²) in [5, 5.41) is 2.61. The third-order valence-corrected chi connectivity index (χ3v) is 4.38. The number of rotatable bonds is 2. The predicted octanol–water partition coefficient (Wildman–Crippen LogP) is 2.44. The van der Waals surface area contributed by atoms with Crippen molar-refractivity contribution in [3.63, 3.8) is 0 Å². The molecule has 0 unspecified atom stereocenters. The molecule has 17 heavy (non-hydrogen) atoms. The summed E-state index contributed by atoms with van der Waals surface area (Å²) in [6.07, 6.45) is 6.69. The second-order valence-corrected chi connectivity index (χ2v) is 5.46. The Morgan fingerprint density at radius 3 is 2.65 bits per heavy atom. The van der Waals surface area contributed by atoms with Crippen LogP contribution in [0.2, 0.25) is 0 Å². The fourth-order valence-electron chi connectivity index (χ4n) is 2.27. The summed E-state index contributed by atoms with van der Waals surface area (Å²) in [7, 11) is 1.37. The molecule has 5 heteroatoms. The SMILES string of the molecule is COC(=O)c1csc(C2(N)CCCCCC2)n1. The van der Waals surface area contributed by atoms with Crippen molar-refractivity contribution < 1.29 is 9.53 Å². The van der Waals surface area contributed by atoms with Crippen molar-refractivity contribution in [2.24, 2.45) is 5.73 Å². The van der Waals surface area contributed by atoms with Crippen LogP contribution in [0.5, 0.6) is 0 Å². The maximum atomic E-state index is 11.4.